The lowest BCUT2D eigenvalue weighted by molar-refractivity contribution is -0.127. The van der Waals surface area contributed by atoms with Crippen molar-refractivity contribution < 1.29 is 4.79 Å². The van der Waals surface area contributed by atoms with Gasteiger partial charge in [-0.2, -0.15) is 0 Å². The summed E-state index contributed by atoms with van der Waals surface area (Å²) in [6.45, 7) is 8.29. The fraction of sp³-hybridized carbons (Fsp3) is 0.588. The van der Waals surface area contributed by atoms with E-state index in [9.17, 15) is 4.79 Å². The van der Waals surface area contributed by atoms with Crippen LogP contribution in [0.25, 0.3) is 0 Å². The minimum atomic E-state index is -0.195. The smallest absolute Gasteiger partial charge is 0.138 e. The second kappa shape index (κ2) is 4.87. The van der Waals surface area contributed by atoms with Gasteiger partial charge in [0.05, 0.1) is 0 Å². The Labute approximate surface area is 111 Å². The lowest BCUT2D eigenvalue weighted by atomic mass is 9.80. The number of fused-ring (bicyclic) bond motifs is 1. The van der Waals surface area contributed by atoms with Gasteiger partial charge in [0.25, 0.3) is 0 Å². The van der Waals surface area contributed by atoms with Gasteiger partial charge < -0.3 is 0 Å². The van der Waals surface area contributed by atoms with E-state index in [4.69, 9.17) is 0 Å². The Morgan fingerprint density at radius 2 is 1.72 bits per heavy atom. The highest BCUT2D eigenvalue weighted by Gasteiger charge is 2.30. The number of carbonyl (C=O) groups excluding carboxylic acids is 1. The molecule has 0 radical (unpaired) electrons. The normalized spacial score (nSPS) is 17.6. The molecule has 1 unspecified atom stereocenters. The predicted octanol–water partition coefficient (Wildman–Crippen LogP) is 4.04. The molecule has 1 aliphatic carbocycles. The lowest BCUT2D eigenvalue weighted by Gasteiger charge is -2.23. The molecular formula is C17H24O. The van der Waals surface area contributed by atoms with E-state index < -0.39 is 0 Å². The van der Waals surface area contributed by atoms with E-state index in [-0.39, 0.29) is 5.41 Å². The van der Waals surface area contributed by atoms with Crippen molar-refractivity contribution in [2.45, 2.75) is 47.0 Å². The molecule has 1 atom stereocenters. The molecule has 0 aromatic heterocycles. The van der Waals surface area contributed by atoms with Crippen molar-refractivity contribution in [2.75, 3.05) is 0 Å². The van der Waals surface area contributed by atoms with Gasteiger partial charge in [-0.1, -0.05) is 52.0 Å². The van der Waals surface area contributed by atoms with E-state index >= 15 is 0 Å². The highest BCUT2D eigenvalue weighted by atomic mass is 16.1. The fourth-order valence-corrected chi connectivity index (χ4v) is 2.76. The third-order valence-electron chi connectivity index (χ3n) is 4.23. The summed E-state index contributed by atoms with van der Waals surface area (Å²) in [5.74, 6) is 1.53. The monoisotopic (exact) mass is 244 g/mol. The quantitative estimate of drug-likeness (QED) is 0.784. The second-order valence-electron chi connectivity index (χ2n) is 6.79. The molecule has 1 heteroatoms. The van der Waals surface area contributed by atoms with Crippen LogP contribution in [0.3, 0.4) is 0 Å². The molecule has 1 aromatic carbocycles. The maximum Gasteiger partial charge on any atom is 0.138 e. The molecule has 1 nitrogen and oxygen atoms in total. The van der Waals surface area contributed by atoms with Crippen LogP contribution in [0.4, 0.5) is 0 Å². The first-order chi connectivity index (χ1) is 8.38. The molecule has 0 saturated heterocycles. The molecule has 0 spiro atoms. The number of carbonyl (C=O) groups is 1. The van der Waals surface area contributed by atoms with Gasteiger partial charge in [-0.3, -0.25) is 4.79 Å². The van der Waals surface area contributed by atoms with E-state index in [2.05, 4.69) is 31.2 Å². The number of hydrogen-bond acceptors (Lipinski definition) is 1. The molecule has 1 aromatic rings. The van der Waals surface area contributed by atoms with Crippen molar-refractivity contribution in [3.05, 3.63) is 35.4 Å². The number of rotatable bonds is 3. The summed E-state index contributed by atoms with van der Waals surface area (Å²) in [5.41, 5.74) is 2.77. The highest BCUT2D eigenvalue weighted by molar-refractivity contribution is 5.83. The number of hydrogen-bond donors (Lipinski definition) is 0. The summed E-state index contributed by atoms with van der Waals surface area (Å²) in [6.07, 6.45) is 3.02. The van der Waals surface area contributed by atoms with Gasteiger partial charge in [0, 0.05) is 11.8 Å². The zero-order valence-electron chi connectivity index (χ0n) is 12.0. The van der Waals surface area contributed by atoms with Gasteiger partial charge in [0.1, 0.15) is 5.78 Å². The third-order valence-corrected chi connectivity index (χ3v) is 4.23. The Kier molecular flexibility index (Phi) is 3.61. The summed E-state index contributed by atoms with van der Waals surface area (Å²) in [6, 6.07) is 8.69. The molecule has 0 amide bonds. The van der Waals surface area contributed by atoms with Crippen LogP contribution in [-0.2, 0) is 17.6 Å². The van der Waals surface area contributed by atoms with Crippen LogP contribution >= 0.6 is 0 Å². The molecule has 2 rings (SSSR count). The first-order valence-corrected chi connectivity index (χ1v) is 6.98. The van der Waals surface area contributed by atoms with E-state index in [1.807, 2.05) is 20.8 Å². The van der Waals surface area contributed by atoms with Crippen molar-refractivity contribution >= 4 is 5.78 Å². The molecule has 0 aliphatic heterocycles. The number of benzene rings is 1. The molecule has 0 fully saturated rings. The van der Waals surface area contributed by atoms with Crippen LogP contribution in [-0.4, -0.2) is 5.78 Å². The van der Waals surface area contributed by atoms with Crippen molar-refractivity contribution in [2.24, 2.45) is 17.3 Å². The Morgan fingerprint density at radius 1 is 1.22 bits per heavy atom. The maximum atomic E-state index is 12.1. The highest BCUT2D eigenvalue weighted by Crippen LogP contribution is 2.34. The van der Waals surface area contributed by atoms with Crippen LogP contribution in [0.2, 0.25) is 0 Å². The summed E-state index contributed by atoms with van der Waals surface area (Å²) < 4.78 is 0. The average molecular weight is 244 g/mol. The molecule has 0 N–H and O–H groups in total. The van der Waals surface area contributed by atoms with Gasteiger partial charge in [-0.25, -0.2) is 0 Å². The van der Waals surface area contributed by atoms with Gasteiger partial charge in [0.2, 0.25) is 0 Å². The third kappa shape index (κ3) is 2.82. The minimum Gasteiger partial charge on any atom is -0.299 e. The van der Waals surface area contributed by atoms with Gasteiger partial charge in [0.15, 0.2) is 0 Å². The zero-order valence-corrected chi connectivity index (χ0v) is 12.0. The van der Waals surface area contributed by atoms with Crippen LogP contribution < -0.4 is 0 Å². The van der Waals surface area contributed by atoms with Crippen LogP contribution in [0.15, 0.2) is 24.3 Å². The minimum absolute atomic E-state index is 0.195. The van der Waals surface area contributed by atoms with Crippen LogP contribution in [0, 0.1) is 17.3 Å². The summed E-state index contributed by atoms with van der Waals surface area (Å²) in [4.78, 5) is 12.1. The standard InChI is InChI=1S/C17H24O/c1-12(9-16(18)17(2,3)4)15-10-13-7-5-6-8-14(13)11-15/h5-8,12,15H,9-11H2,1-4H3. The molecular weight excluding hydrogens is 220 g/mol. The molecule has 1 aliphatic rings. The largest absolute Gasteiger partial charge is 0.299 e. The van der Waals surface area contributed by atoms with Gasteiger partial charge >= 0.3 is 0 Å². The Morgan fingerprint density at radius 3 is 2.17 bits per heavy atom. The molecule has 18 heavy (non-hydrogen) atoms. The number of Topliss-reactive ketones (excluding diaryl/α,β-unsaturated/α-hetero) is 1. The second-order valence-corrected chi connectivity index (χ2v) is 6.79. The average Bonchev–Trinajstić information content (AvgIpc) is 2.71. The molecule has 0 heterocycles. The Hall–Kier alpha value is -1.11. The van der Waals surface area contributed by atoms with Crippen molar-refractivity contribution in [1.82, 2.24) is 0 Å². The lowest BCUT2D eigenvalue weighted by Crippen LogP contribution is -2.25. The van der Waals surface area contributed by atoms with E-state index in [0.29, 0.717) is 17.6 Å². The van der Waals surface area contributed by atoms with Gasteiger partial charge in [-0.15, -0.1) is 0 Å². The summed E-state index contributed by atoms with van der Waals surface area (Å²) >= 11 is 0. The topological polar surface area (TPSA) is 17.1 Å². The van der Waals surface area contributed by atoms with Crippen molar-refractivity contribution in [3.8, 4) is 0 Å². The maximum absolute atomic E-state index is 12.1. The summed E-state index contributed by atoms with van der Waals surface area (Å²) in [7, 11) is 0. The zero-order chi connectivity index (χ0) is 13.3. The number of ketones is 1. The van der Waals surface area contributed by atoms with Crippen LogP contribution in [0.1, 0.15) is 45.2 Å². The van der Waals surface area contributed by atoms with E-state index in [0.717, 1.165) is 19.3 Å². The predicted molar refractivity (Wildman–Crippen MR) is 75.6 cm³/mol. The van der Waals surface area contributed by atoms with Crippen LogP contribution in [0.5, 0.6) is 0 Å². The molecule has 0 saturated carbocycles. The van der Waals surface area contributed by atoms with Gasteiger partial charge in [-0.05, 0) is 35.8 Å². The molecule has 0 bridgehead atoms. The van der Waals surface area contributed by atoms with E-state index in [1.165, 1.54) is 11.1 Å². The summed E-state index contributed by atoms with van der Waals surface area (Å²) in [5, 5.41) is 0. The Bertz CT molecular complexity index is 414. The van der Waals surface area contributed by atoms with Crippen molar-refractivity contribution in [1.29, 1.82) is 0 Å². The van der Waals surface area contributed by atoms with Crippen molar-refractivity contribution in [3.63, 3.8) is 0 Å². The molecule has 98 valence electrons. The Balaban J connectivity index is 1.97. The first-order valence-electron chi connectivity index (χ1n) is 6.98. The fourth-order valence-electron chi connectivity index (χ4n) is 2.76. The first kappa shape index (κ1) is 13.3. The van der Waals surface area contributed by atoms with E-state index in [1.54, 1.807) is 0 Å². The SMILES string of the molecule is CC(CC(=O)C(C)(C)C)C1Cc2ccccc2C1.